The summed E-state index contributed by atoms with van der Waals surface area (Å²) in [7, 11) is 1.63. The molecule has 9 heteroatoms. The van der Waals surface area contributed by atoms with E-state index < -0.39 is 0 Å². The van der Waals surface area contributed by atoms with Gasteiger partial charge in [0.2, 0.25) is 0 Å². The second-order valence-corrected chi connectivity index (χ2v) is 9.14. The van der Waals surface area contributed by atoms with Gasteiger partial charge >= 0.3 is 6.03 Å². The number of pyridine rings is 1. The van der Waals surface area contributed by atoms with Crippen LogP contribution in [0.3, 0.4) is 0 Å². The molecule has 1 aliphatic rings. The summed E-state index contributed by atoms with van der Waals surface area (Å²) >= 11 is 0. The van der Waals surface area contributed by atoms with Gasteiger partial charge in [-0.25, -0.2) is 9.78 Å². The molecule has 0 radical (unpaired) electrons. The maximum atomic E-state index is 12.2. The zero-order chi connectivity index (χ0) is 27.0. The Morgan fingerprint density at radius 2 is 1.62 bits per heavy atom. The van der Waals surface area contributed by atoms with E-state index in [9.17, 15) is 4.79 Å². The molecule has 0 saturated carbocycles. The lowest BCUT2D eigenvalue weighted by Crippen LogP contribution is -2.38. The third kappa shape index (κ3) is 6.95. The van der Waals surface area contributed by atoms with Gasteiger partial charge in [0, 0.05) is 42.5 Å². The molecule has 0 spiro atoms. The number of hydrogen-bond donors (Lipinski definition) is 2. The molecule has 4 aromatic rings. The normalized spacial score (nSPS) is 13.6. The highest BCUT2D eigenvalue weighted by atomic mass is 16.5. The quantitative estimate of drug-likeness (QED) is 0.288. The highest BCUT2D eigenvalue weighted by Gasteiger charge is 2.14. The number of methoxy groups -OCH3 is 1. The Labute approximate surface area is 227 Å². The Hall–Kier alpha value is -4.34. The first-order valence-electron chi connectivity index (χ1n) is 12.9. The van der Waals surface area contributed by atoms with Crippen molar-refractivity contribution in [3.05, 3.63) is 78.5 Å². The van der Waals surface area contributed by atoms with E-state index in [4.69, 9.17) is 23.9 Å². The van der Waals surface area contributed by atoms with Crippen molar-refractivity contribution in [3.63, 3.8) is 0 Å². The standard InChI is InChI=1S/C30H32N4O5/c1-21-27(39-25-10-8-24(9-11-25)33-30(35)32-23-6-4-3-5-7-23)18-22-19-28(36-2)29(20-26(22)31-21)38-17-14-34-12-15-37-16-13-34/h3-11,18-20H,12-17H2,1-2H3,(H2,32,33,35). The molecule has 5 rings (SSSR count). The zero-order valence-electron chi connectivity index (χ0n) is 22.1. The van der Waals surface area contributed by atoms with E-state index in [0.717, 1.165) is 55.1 Å². The smallest absolute Gasteiger partial charge is 0.323 e. The van der Waals surface area contributed by atoms with Gasteiger partial charge < -0.3 is 29.6 Å². The van der Waals surface area contributed by atoms with Gasteiger partial charge in [0.25, 0.3) is 0 Å². The summed E-state index contributed by atoms with van der Waals surface area (Å²) in [6.45, 7) is 6.66. The molecule has 2 heterocycles. The Bertz CT molecular complexity index is 1410. The Morgan fingerprint density at radius 3 is 2.33 bits per heavy atom. The summed E-state index contributed by atoms with van der Waals surface area (Å²) in [5, 5.41) is 6.49. The molecule has 1 aliphatic heterocycles. The molecule has 0 unspecified atom stereocenters. The SMILES string of the molecule is COc1cc2cc(Oc3ccc(NC(=O)Nc4ccccc4)cc3)c(C)nc2cc1OCCN1CCOCC1. The van der Waals surface area contributed by atoms with Crippen molar-refractivity contribution in [2.24, 2.45) is 0 Å². The van der Waals surface area contributed by atoms with Gasteiger partial charge in [-0.05, 0) is 55.5 Å². The van der Waals surface area contributed by atoms with E-state index in [0.29, 0.717) is 35.3 Å². The molecule has 202 valence electrons. The van der Waals surface area contributed by atoms with E-state index in [1.807, 2.05) is 55.5 Å². The molecule has 9 nitrogen and oxygen atoms in total. The van der Waals surface area contributed by atoms with Crippen LogP contribution in [-0.4, -0.2) is 62.5 Å². The van der Waals surface area contributed by atoms with Crippen LogP contribution in [0, 0.1) is 6.92 Å². The van der Waals surface area contributed by atoms with E-state index >= 15 is 0 Å². The van der Waals surface area contributed by atoms with Gasteiger partial charge in [-0.2, -0.15) is 0 Å². The first kappa shape index (κ1) is 26.3. The summed E-state index contributed by atoms with van der Waals surface area (Å²) < 4.78 is 23.2. The second kappa shape index (κ2) is 12.5. The number of aromatic nitrogens is 1. The summed E-state index contributed by atoms with van der Waals surface area (Å²) in [5.74, 6) is 2.57. The fourth-order valence-corrected chi connectivity index (χ4v) is 4.29. The van der Waals surface area contributed by atoms with E-state index in [1.54, 1.807) is 31.4 Å². The van der Waals surface area contributed by atoms with Crippen molar-refractivity contribution in [2.75, 3.05) is 57.2 Å². The third-order valence-electron chi connectivity index (χ3n) is 6.38. The van der Waals surface area contributed by atoms with E-state index in [2.05, 4.69) is 15.5 Å². The van der Waals surface area contributed by atoms with Crippen LogP contribution < -0.4 is 24.8 Å². The summed E-state index contributed by atoms with van der Waals surface area (Å²) in [5.41, 5.74) is 2.91. The fourth-order valence-electron chi connectivity index (χ4n) is 4.29. The van der Waals surface area contributed by atoms with Crippen molar-refractivity contribution in [3.8, 4) is 23.0 Å². The molecule has 0 aliphatic carbocycles. The maximum absolute atomic E-state index is 12.2. The number of benzene rings is 3. The van der Waals surface area contributed by atoms with E-state index in [-0.39, 0.29) is 6.03 Å². The van der Waals surface area contributed by atoms with Crippen LogP contribution in [0.25, 0.3) is 10.9 Å². The molecule has 0 atom stereocenters. The number of carbonyl (C=O) groups is 1. The lowest BCUT2D eigenvalue weighted by molar-refractivity contribution is 0.0321. The molecule has 2 N–H and O–H groups in total. The lowest BCUT2D eigenvalue weighted by Gasteiger charge is -2.26. The number of aryl methyl sites for hydroxylation is 1. The van der Waals surface area contributed by atoms with Gasteiger partial charge in [-0.3, -0.25) is 4.90 Å². The second-order valence-electron chi connectivity index (χ2n) is 9.14. The molecule has 2 amide bonds. The Balaban J connectivity index is 1.23. The monoisotopic (exact) mass is 528 g/mol. The average molecular weight is 529 g/mol. The predicted molar refractivity (Wildman–Crippen MR) is 151 cm³/mol. The van der Waals surface area contributed by atoms with Crippen molar-refractivity contribution in [2.45, 2.75) is 6.92 Å². The number of anilines is 2. The number of fused-ring (bicyclic) bond motifs is 1. The number of carbonyl (C=O) groups excluding carboxylic acids is 1. The number of hydrogen-bond acceptors (Lipinski definition) is 7. The zero-order valence-corrected chi connectivity index (χ0v) is 22.1. The number of nitrogens with zero attached hydrogens (tertiary/aromatic N) is 2. The lowest BCUT2D eigenvalue weighted by atomic mass is 10.1. The van der Waals surface area contributed by atoms with Gasteiger partial charge in [-0.1, -0.05) is 18.2 Å². The molecule has 1 saturated heterocycles. The minimum absolute atomic E-state index is 0.317. The number of rotatable bonds is 9. The molecule has 1 aromatic heterocycles. The molecular formula is C30H32N4O5. The molecule has 1 fully saturated rings. The number of nitrogens with one attached hydrogen (secondary N) is 2. The maximum Gasteiger partial charge on any atom is 0.323 e. The van der Waals surface area contributed by atoms with Gasteiger partial charge in [-0.15, -0.1) is 0 Å². The molecular weight excluding hydrogens is 496 g/mol. The number of ether oxygens (including phenoxy) is 4. The van der Waals surface area contributed by atoms with E-state index in [1.165, 1.54) is 0 Å². The minimum atomic E-state index is -0.317. The first-order chi connectivity index (χ1) is 19.1. The van der Waals surface area contributed by atoms with Crippen LogP contribution in [0.15, 0.2) is 72.8 Å². The molecule has 39 heavy (non-hydrogen) atoms. The van der Waals surface area contributed by atoms with Crippen LogP contribution in [0.5, 0.6) is 23.0 Å². The number of amides is 2. The fraction of sp³-hybridized carbons (Fsp3) is 0.267. The highest BCUT2D eigenvalue weighted by molar-refractivity contribution is 5.99. The van der Waals surface area contributed by atoms with Crippen LogP contribution in [0.4, 0.5) is 16.2 Å². The van der Waals surface area contributed by atoms with Crippen molar-refractivity contribution in [1.29, 1.82) is 0 Å². The van der Waals surface area contributed by atoms with Crippen LogP contribution in [0.2, 0.25) is 0 Å². The van der Waals surface area contributed by atoms with Crippen LogP contribution in [-0.2, 0) is 4.74 Å². The highest BCUT2D eigenvalue weighted by Crippen LogP contribution is 2.35. The van der Waals surface area contributed by atoms with Crippen molar-refractivity contribution >= 4 is 28.3 Å². The summed E-state index contributed by atoms with van der Waals surface area (Å²) in [6.07, 6.45) is 0. The Morgan fingerprint density at radius 1 is 0.923 bits per heavy atom. The predicted octanol–water partition coefficient (Wildman–Crippen LogP) is 5.70. The van der Waals surface area contributed by atoms with Gasteiger partial charge in [0.15, 0.2) is 11.5 Å². The summed E-state index contributed by atoms with van der Waals surface area (Å²) in [4.78, 5) is 19.3. The minimum Gasteiger partial charge on any atom is -0.493 e. The number of urea groups is 1. The van der Waals surface area contributed by atoms with Crippen LogP contribution >= 0.6 is 0 Å². The molecule has 0 bridgehead atoms. The summed E-state index contributed by atoms with van der Waals surface area (Å²) in [6, 6.07) is 21.9. The number of morpholine rings is 1. The Kier molecular flexibility index (Phi) is 8.40. The molecule has 3 aromatic carbocycles. The van der Waals surface area contributed by atoms with Gasteiger partial charge in [0.05, 0.1) is 31.5 Å². The topological polar surface area (TPSA) is 94.2 Å². The van der Waals surface area contributed by atoms with Crippen molar-refractivity contribution in [1.82, 2.24) is 9.88 Å². The van der Waals surface area contributed by atoms with Crippen molar-refractivity contribution < 1.29 is 23.7 Å². The van der Waals surface area contributed by atoms with Crippen LogP contribution in [0.1, 0.15) is 5.69 Å². The average Bonchev–Trinajstić information content (AvgIpc) is 2.95. The number of para-hydroxylation sites is 1. The third-order valence-corrected chi connectivity index (χ3v) is 6.38. The first-order valence-corrected chi connectivity index (χ1v) is 12.9. The van der Waals surface area contributed by atoms with Gasteiger partial charge in [0.1, 0.15) is 18.1 Å². The largest absolute Gasteiger partial charge is 0.493 e.